The average Bonchev–Trinajstić information content (AvgIpc) is 2.82. The summed E-state index contributed by atoms with van der Waals surface area (Å²) >= 11 is 3.53. The van der Waals surface area contributed by atoms with Gasteiger partial charge in [-0.05, 0) is 87.3 Å². The van der Waals surface area contributed by atoms with Gasteiger partial charge in [0.05, 0.1) is 4.47 Å². The first-order valence-corrected chi connectivity index (χ1v) is 12.6. The van der Waals surface area contributed by atoms with Gasteiger partial charge in [0, 0.05) is 16.9 Å². The van der Waals surface area contributed by atoms with Crippen molar-refractivity contribution in [3.63, 3.8) is 0 Å². The molecule has 0 bridgehead atoms. The molecule has 0 heterocycles. The lowest BCUT2D eigenvalue weighted by molar-refractivity contribution is -0.118. The van der Waals surface area contributed by atoms with E-state index >= 15 is 0 Å². The van der Waals surface area contributed by atoms with Gasteiger partial charge in [-0.15, -0.1) is 0 Å². The Kier molecular flexibility index (Phi) is 8.73. The second-order valence-electron chi connectivity index (χ2n) is 9.70. The number of ether oxygens (including phenoxy) is 1. The number of nitrogens with one attached hydrogen (secondary N) is 2. The summed E-state index contributed by atoms with van der Waals surface area (Å²) in [6.07, 6.45) is 1.05. The molecule has 0 radical (unpaired) electrons. The van der Waals surface area contributed by atoms with Crippen molar-refractivity contribution < 1.29 is 14.3 Å². The number of hydrogen-bond acceptors (Lipinski definition) is 3. The standard InChI is InChI=1S/C29H33BrN2O3/c1-6-19(2)21-12-15-26(25(30)16-21)35-18-27(33)31-23-8-7-9-24(17-23)32-28(34)20-10-13-22(14-11-20)29(3,4)5/h7-17,19H,6,18H2,1-5H3,(H,31,33)(H,32,34). The Hall–Kier alpha value is -3.12. The fourth-order valence-corrected chi connectivity index (χ4v) is 4.03. The number of halogens is 1. The first-order valence-electron chi connectivity index (χ1n) is 11.8. The van der Waals surface area contributed by atoms with Gasteiger partial charge in [0.25, 0.3) is 11.8 Å². The number of anilines is 2. The van der Waals surface area contributed by atoms with Gasteiger partial charge in [-0.25, -0.2) is 0 Å². The zero-order valence-corrected chi connectivity index (χ0v) is 22.5. The lowest BCUT2D eigenvalue weighted by Gasteiger charge is -2.19. The SMILES string of the molecule is CCC(C)c1ccc(OCC(=O)Nc2cccc(NC(=O)c3ccc(C(C)(C)C)cc3)c2)c(Br)c1. The Labute approximate surface area is 216 Å². The molecule has 184 valence electrons. The normalized spacial score (nSPS) is 12.1. The molecular formula is C29H33BrN2O3. The quantitative estimate of drug-likeness (QED) is 0.312. The average molecular weight is 537 g/mol. The van der Waals surface area contributed by atoms with Crippen molar-refractivity contribution in [2.45, 2.75) is 52.4 Å². The van der Waals surface area contributed by atoms with E-state index in [9.17, 15) is 9.59 Å². The zero-order chi connectivity index (χ0) is 25.6. The highest BCUT2D eigenvalue weighted by atomic mass is 79.9. The summed E-state index contributed by atoms with van der Waals surface area (Å²) in [5, 5.41) is 5.70. The van der Waals surface area contributed by atoms with Crippen molar-refractivity contribution in [2.75, 3.05) is 17.2 Å². The fraction of sp³-hybridized carbons (Fsp3) is 0.310. The number of carbonyl (C=O) groups excluding carboxylic acids is 2. The van der Waals surface area contributed by atoms with E-state index in [1.54, 1.807) is 24.3 Å². The van der Waals surface area contributed by atoms with Gasteiger partial charge >= 0.3 is 0 Å². The van der Waals surface area contributed by atoms with Crippen LogP contribution in [0.1, 0.15) is 68.4 Å². The maximum Gasteiger partial charge on any atom is 0.262 e. The van der Waals surface area contributed by atoms with Crippen LogP contribution in [0.15, 0.2) is 71.2 Å². The van der Waals surface area contributed by atoms with Crippen molar-refractivity contribution in [2.24, 2.45) is 0 Å². The largest absolute Gasteiger partial charge is 0.483 e. The van der Waals surface area contributed by atoms with Crippen molar-refractivity contribution >= 4 is 39.1 Å². The van der Waals surface area contributed by atoms with E-state index < -0.39 is 0 Å². The van der Waals surface area contributed by atoms with Gasteiger partial charge < -0.3 is 15.4 Å². The molecule has 0 aliphatic heterocycles. The number of hydrogen-bond donors (Lipinski definition) is 2. The molecule has 0 fully saturated rings. The van der Waals surface area contributed by atoms with Crippen molar-refractivity contribution in [3.05, 3.63) is 87.9 Å². The third-order valence-electron chi connectivity index (χ3n) is 5.91. The molecule has 6 heteroatoms. The smallest absolute Gasteiger partial charge is 0.262 e. The van der Waals surface area contributed by atoms with Crippen LogP contribution in [0.2, 0.25) is 0 Å². The van der Waals surface area contributed by atoms with E-state index in [-0.39, 0.29) is 23.8 Å². The van der Waals surface area contributed by atoms with Gasteiger partial charge in [0.2, 0.25) is 0 Å². The van der Waals surface area contributed by atoms with Crippen LogP contribution < -0.4 is 15.4 Å². The van der Waals surface area contributed by atoms with E-state index in [0.717, 1.165) is 10.9 Å². The Balaban J connectivity index is 1.57. The molecular weight excluding hydrogens is 504 g/mol. The minimum atomic E-state index is -0.288. The van der Waals surface area contributed by atoms with E-state index in [4.69, 9.17) is 4.74 Å². The Bertz CT molecular complexity index is 1180. The molecule has 2 N–H and O–H groups in total. The molecule has 0 aliphatic rings. The minimum Gasteiger partial charge on any atom is -0.483 e. The van der Waals surface area contributed by atoms with Crippen molar-refractivity contribution in [1.82, 2.24) is 0 Å². The molecule has 0 saturated heterocycles. The molecule has 0 saturated carbocycles. The monoisotopic (exact) mass is 536 g/mol. The summed E-state index contributed by atoms with van der Waals surface area (Å²) in [7, 11) is 0. The summed E-state index contributed by atoms with van der Waals surface area (Å²) in [5.41, 5.74) is 4.16. The highest BCUT2D eigenvalue weighted by Gasteiger charge is 2.15. The second-order valence-corrected chi connectivity index (χ2v) is 10.6. The van der Waals surface area contributed by atoms with Crippen LogP contribution in [0.25, 0.3) is 0 Å². The van der Waals surface area contributed by atoms with E-state index in [2.05, 4.69) is 61.2 Å². The van der Waals surface area contributed by atoms with Crippen LogP contribution in [0.3, 0.4) is 0 Å². The van der Waals surface area contributed by atoms with Crippen molar-refractivity contribution in [3.8, 4) is 5.75 Å². The molecule has 0 aromatic heterocycles. The number of rotatable bonds is 8. The van der Waals surface area contributed by atoms with Crippen molar-refractivity contribution in [1.29, 1.82) is 0 Å². The third kappa shape index (κ3) is 7.43. The maximum absolute atomic E-state index is 12.7. The topological polar surface area (TPSA) is 67.4 Å². The molecule has 5 nitrogen and oxygen atoms in total. The highest BCUT2D eigenvalue weighted by Crippen LogP contribution is 2.30. The minimum absolute atomic E-state index is 0.0262. The van der Waals surface area contributed by atoms with Crippen LogP contribution in [0.4, 0.5) is 11.4 Å². The van der Waals surface area contributed by atoms with E-state index in [1.165, 1.54) is 11.1 Å². The zero-order valence-electron chi connectivity index (χ0n) is 20.9. The number of amides is 2. The molecule has 1 unspecified atom stereocenters. The van der Waals surface area contributed by atoms with Gasteiger partial charge in [0.15, 0.2) is 6.61 Å². The summed E-state index contributed by atoms with van der Waals surface area (Å²) in [4.78, 5) is 25.1. The molecule has 0 spiro atoms. The van der Waals surface area contributed by atoms with E-state index in [0.29, 0.717) is 28.6 Å². The summed E-state index contributed by atoms with van der Waals surface area (Å²) < 4.78 is 6.52. The molecule has 35 heavy (non-hydrogen) atoms. The highest BCUT2D eigenvalue weighted by molar-refractivity contribution is 9.10. The second kappa shape index (κ2) is 11.5. The molecule has 3 aromatic rings. The maximum atomic E-state index is 12.7. The number of carbonyl (C=O) groups is 2. The van der Waals surface area contributed by atoms with Crippen LogP contribution >= 0.6 is 15.9 Å². The van der Waals surface area contributed by atoms with E-state index in [1.807, 2.05) is 42.5 Å². The molecule has 2 amide bonds. The van der Waals surface area contributed by atoms with Crippen LogP contribution in [0, 0.1) is 0 Å². The first-order chi connectivity index (χ1) is 16.6. The predicted molar refractivity (Wildman–Crippen MR) is 147 cm³/mol. The summed E-state index contributed by atoms with van der Waals surface area (Å²) in [5.74, 6) is 0.581. The Morgan fingerprint density at radius 3 is 2.20 bits per heavy atom. The van der Waals surface area contributed by atoms with Crippen LogP contribution in [-0.2, 0) is 10.2 Å². The molecule has 1 atom stereocenters. The fourth-order valence-electron chi connectivity index (χ4n) is 3.52. The van der Waals surface area contributed by atoms with Crippen LogP contribution in [0.5, 0.6) is 5.75 Å². The lowest BCUT2D eigenvalue weighted by Crippen LogP contribution is -2.20. The number of benzene rings is 3. The first kappa shape index (κ1) is 26.5. The van der Waals surface area contributed by atoms with Gasteiger partial charge in [-0.2, -0.15) is 0 Å². The Morgan fingerprint density at radius 2 is 1.60 bits per heavy atom. The van der Waals surface area contributed by atoms with Gasteiger partial charge in [-0.1, -0.05) is 58.9 Å². The van der Waals surface area contributed by atoms with Gasteiger partial charge in [-0.3, -0.25) is 9.59 Å². The molecule has 3 rings (SSSR count). The van der Waals surface area contributed by atoms with Gasteiger partial charge in [0.1, 0.15) is 5.75 Å². The third-order valence-corrected chi connectivity index (χ3v) is 6.53. The lowest BCUT2D eigenvalue weighted by atomic mass is 9.87. The summed E-state index contributed by atoms with van der Waals surface area (Å²) in [6.45, 7) is 10.6. The molecule has 0 aliphatic carbocycles. The summed E-state index contributed by atoms with van der Waals surface area (Å²) in [6, 6.07) is 20.6. The molecule has 3 aromatic carbocycles. The predicted octanol–water partition coefficient (Wildman–Crippen LogP) is 7.53. The Morgan fingerprint density at radius 1 is 0.943 bits per heavy atom. The van der Waals surface area contributed by atoms with Crippen LogP contribution in [-0.4, -0.2) is 18.4 Å².